The minimum Gasteiger partial charge on any atom is -0.321 e. The topological polar surface area (TPSA) is 57.3 Å². The van der Waals surface area contributed by atoms with Crippen LogP contribution in [0.5, 0.6) is 0 Å². The van der Waals surface area contributed by atoms with E-state index in [1.54, 1.807) is 23.2 Å². The highest BCUT2D eigenvalue weighted by Crippen LogP contribution is 2.37. The fourth-order valence-corrected chi connectivity index (χ4v) is 4.36. The minimum absolute atomic E-state index is 0.183. The van der Waals surface area contributed by atoms with Gasteiger partial charge in [0.15, 0.2) is 0 Å². The Kier molecular flexibility index (Phi) is 4.48. The molecule has 3 fully saturated rings. The standard InChI is InChI=1S/C23H21FN4O/c24-18-4-1-5-19(11-18)26-23(29)28-13-20-22(21(14-28)27-20)16-8-6-15(7-9-16)17-3-2-10-25-12-17/h1-12,20-22,27H,13-14H2,(H,26,29)/t20-,21+,22?. The molecule has 3 saturated heterocycles. The van der Waals surface area contributed by atoms with E-state index >= 15 is 0 Å². The van der Waals surface area contributed by atoms with Gasteiger partial charge >= 0.3 is 6.03 Å². The summed E-state index contributed by atoms with van der Waals surface area (Å²) in [5, 5.41) is 6.33. The van der Waals surface area contributed by atoms with Crippen LogP contribution in [0, 0.1) is 5.82 Å². The highest BCUT2D eigenvalue weighted by atomic mass is 19.1. The number of rotatable bonds is 3. The second kappa shape index (κ2) is 7.29. The Morgan fingerprint density at radius 1 is 1.03 bits per heavy atom. The number of urea groups is 1. The summed E-state index contributed by atoms with van der Waals surface area (Å²) in [6, 6.07) is 18.9. The number of amides is 2. The zero-order chi connectivity index (χ0) is 19.8. The van der Waals surface area contributed by atoms with E-state index in [1.165, 1.54) is 17.7 Å². The van der Waals surface area contributed by atoms with Gasteiger partial charge in [-0.15, -0.1) is 0 Å². The second-order valence-electron chi connectivity index (χ2n) is 7.61. The van der Waals surface area contributed by atoms with E-state index in [2.05, 4.69) is 45.9 Å². The molecule has 1 aromatic heterocycles. The van der Waals surface area contributed by atoms with Crippen LogP contribution in [-0.2, 0) is 0 Å². The van der Waals surface area contributed by atoms with Crippen LogP contribution in [0.15, 0.2) is 73.1 Å². The van der Waals surface area contributed by atoms with Gasteiger partial charge in [-0.2, -0.15) is 0 Å². The average molecular weight is 388 g/mol. The number of anilines is 1. The van der Waals surface area contributed by atoms with Crippen molar-refractivity contribution in [2.45, 2.75) is 18.0 Å². The van der Waals surface area contributed by atoms with Gasteiger partial charge in [-0.1, -0.05) is 36.4 Å². The number of hydrogen-bond acceptors (Lipinski definition) is 3. The van der Waals surface area contributed by atoms with E-state index in [1.807, 2.05) is 12.3 Å². The summed E-state index contributed by atoms with van der Waals surface area (Å²) in [6.45, 7) is 1.26. The molecule has 2 aromatic carbocycles. The second-order valence-corrected chi connectivity index (χ2v) is 7.61. The van der Waals surface area contributed by atoms with Crippen LogP contribution in [0.4, 0.5) is 14.9 Å². The van der Waals surface area contributed by atoms with Crippen molar-refractivity contribution in [2.75, 3.05) is 18.4 Å². The molecule has 2 bridgehead atoms. The maximum absolute atomic E-state index is 13.3. The number of benzene rings is 2. The van der Waals surface area contributed by atoms with Crippen LogP contribution in [0.25, 0.3) is 11.1 Å². The highest BCUT2D eigenvalue weighted by Gasteiger charge is 2.48. The molecule has 0 saturated carbocycles. The monoisotopic (exact) mass is 388 g/mol. The Balaban J connectivity index is 1.24. The van der Waals surface area contributed by atoms with E-state index in [-0.39, 0.29) is 23.9 Å². The number of aromatic nitrogens is 1. The van der Waals surface area contributed by atoms with Crippen molar-refractivity contribution in [3.8, 4) is 11.1 Å². The molecule has 6 heteroatoms. The number of halogens is 1. The van der Waals surface area contributed by atoms with Crippen LogP contribution in [-0.4, -0.2) is 41.1 Å². The van der Waals surface area contributed by atoms with Crippen molar-refractivity contribution in [3.05, 3.63) is 84.4 Å². The molecule has 3 aromatic rings. The number of fused-ring (bicyclic) bond motifs is 2. The van der Waals surface area contributed by atoms with Gasteiger partial charge in [0.1, 0.15) is 5.82 Å². The zero-order valence-electron chi connectivity index (χ0n) is 15.8. The molecule has 3 aliphatic rings. The number of nitrogens with zero attached hydrogens (tertiary/aromatic N) is 2. The first kappa shape index (κ1) is 17.8. The minimum atomic E-state index is -0.360. The van der Waals surface area contributed by atoms with E-state index in [4.69, 9.17) is 0 Å². The molecule has 4 heterocycles. The third kappa shape index (κ3) is 3.47. The first-order valence-electron chi connectivity index (χ1n) is 9.75. The molecule has 3 aliphatic heterocycles. The molecule has 1 unspecified atom stereocenters. The lowest BCUT2D eigenvalue weighted by Gasteiger charge is -2.54. The third-order valence-electron chi connectivity index (χ3n) is 5.78. The predicted octanol–water partition coefficient (Wildman–Crippen LogP) is 3.86. The highest BCUT2D eigenvalue weighted by molar-refractivity contribution is 5.89. The Bertz CT molecular complexity index is 1010. The normalized spacial score (nSPS) is 22.7. The van der Waals surface area contributed by atoms with E-state index in [9.17, 15) is 9.18 Å². The number of carbonyl (C=O) groups excluding carboxylic acids is 1. The first-order valence-corrected chi connectivity index (χ1v) is 9.75. The van der Waals surface area contributed by atoms with Gasteiger partial charge in [0.2, 0.25) is 0 Å². The molecule has 5 nitrogen and oxygen atoms in total. The average Bonchev–Trinajstić information content (AvgIpc) is 2.75. The van der Waals surface area contributed by atoms with Gasteiger partial charge in [-0.05, 0) is 41.0 Å². The van der Waals surface area contributed by atoms with E-state index < -0.39 is 0 Å². The zero-order valence-corrected chi connectivity index (χ0v) is 15.8. The number of nitrogens with one attached hydrogen (secondary N) is 2. The number of carbonyl (C=O) groups is 1. The fourth-order valence-electron chi connectivity index (χ4n) is 4.36. The van der Waals surface area contributed by atoms with Crippen LogP contribution >= 0.6 is 0 Å². The Morgan fingerprint density at radius 3 is 2.52 bits per heavy atom. The summed E-state index contributed by atoms with van der Waals surface area (Å²) in [6.07, 6.45) is 3.64. The van der Waals surface area contributed by atoms with Gasteiger partial charge in [0, 0.05) is 49.2 Å². The fraction of sp³-hybridized carbons (Fsp3) is 0.217. The molecule has 0 radical (unpaired) electrons. The van der Waals surface area contributed by atoms with Crippen molar-refractivity contribution in [2.24, 2.45) is 0 Å². The smallest absolute Gasteiger partial charge is 0.321 e. The van der Waals surface area contributed by atoms with Crippen LogP contribution in [0.3, 0.4) is 0 Å². The Hall–Kier alpha value is -3.25. The van der Waals surface area contributed by atoms with E-state index in [0.29, 0.717) is 24.7 Å². The molecule has 2 N–H and O–H groups in total. The number of piperazine rings is 1. The van der Waals surface area contributed by atoms with Crippen LogP contribution in [0.2, 0.25) is 0 Å². The van der Waals surface area contributed by atoms with Gasteiger partial charge in [-0.25, -0.2) is 9.18 Å². The molecule has 6 rings (SSSR count). The van der Waals surface area contributed by atoms with Gasteiger partial charge < -0.3 is 15.5 Å². The van der Waals surface area contributed by atoms with Crippen molar-refractivity contribution in [1.29, 1.82) is 0 Å². The predicted molar refractivity (Wildman–Crippen MR) is 110 cm³/mol. The summed E-state index contributed by atoms with van der Waals surface area (Å²) in [5.41, 5.74) is 4.02. The SMILES string of the molecule is O=C(Nc1cccc(F)c1)N1C[C@@H]2N[C@H](C1)C2c1ccc(-c2cccnc2)cc1. The first-order chi connectivity index (χ1) is 14.2. The number of hydrogen-bond donors (Lipinski definition) is 2. The van der Waals surface area contributed by atoms with E-state index in [0.717, 1.165) is 11.1 Å². The van der Waals surface area contributed by atoms with Gasteiger partial charge in [-0.3, -0.25) is 4.98 Å². The van der Waals surface area contributed by atoms with Crippen LogP contribution < -0.4 is 10.6 Å². The van der Waals surface area contributed by atoms with Crippen LogP contribution in [0.1, 0.15) is 11.5 Å². The summed E-state index contributed by atoms with van der Waals surface area (Å²) >= 11 is 0. The summed E-state index contributed by atoms with van der Waals surface area (Å²) in [7, 11) is 0. The molecule has 29 heavy (non-hydrogen) atoms. The lowest BCUT2D eigenvalue weighted by molar-refractivity contribution is 0.0759. The summed E-state index contributed by atoms with van der Waals surface area (Å²) < 4.78 is 13.3. The van der Waals surface area contributed by atoms with Gasteiger partial charge in [0.25, 0.3) is 0 Å². The molecular formula is C23H21FN4O. The van der Waals surface area contributed by atoms with Crippen molar-refractivity contribution < 1.29 is 9.18 Å². The molecule has 0 spiro atoms. The maximum Gasteiger partial charge on any atom is 0.321 e. The lowest BCUT2D eigenvalue weighted by Crippen LogP contribution is -2.72. The van der Waals surface area contributed by atoms with Crippen molar-refractivity contribution >= 4 is 11.7 Å². The quantitative estimate of drug-likeness (QED) is 0.716. The Labute approximate surface area is 168 Å². The molecule has 146 valence electrons. The van der Waals surface area contributed by atoms with Crippen molar-refractivity contribution in [1.82, 2.24) is 15.2 Å². The van der Waals surface area contributed by atoms with Crippen molar-refractivity contribution in [3.63, 3.8) is 0 Å². The summed E-state index contributed by atoms with van der Waals surface area (Å²) in [4.78, 5) is 18.5. The third-order valence-corrected chi connectivity index (χ3v) is 5.78. The number of pyridine rings is 1. The molecule has 3 atom stereocenters. The van der Waals surface area contributed by atoms with Gasteiger partial charge in [0.05, 0.1) is 0 Å². The molecule has 0 aliphatic carbocycles. The number of piperidine rings is 1. The largest absolute Gasteiger partial charge is 0.321 e. The summed E-state index contributed by atoms with van der Waals surface area (Å²) in [5.74, 6) is 0.0388. The Morgan fingerprint density at radius 2 is 1.83 bits per heavy atom. The molecular weight excluding hydrogens is 367 g/mol. The maximum atomic E-state index is 13.3. The molecule has 2 amide bonds. The lowest BCUT2D eigenvalue weighted by atomic mass is 9.74.